The number of pyridine rings is 1. The van der Waals surface area contributed by atoms with Crippen molar-refractivity contribution in [3.05, 3.63) is 98.0 Å². The molecule has 0 atom stereocenters. The lowest BCUT2D eigenvalue weighted by atomic mass is 10.2. The van der Waals surface area contributed by atoms with E-state index in [1.54, 1.807) is 19.2 Å². The molecule has 0 saturated carbocycles. The minimum Gasteiger partial charge on any atom is -0.490 e. The summed E-state index contributed by atoms with van der Waals surface area (Å²) in [6.07, 6.45) is 2.82. The zero-order valence-electron chi connectivity index (χ0n) is 18.1. The van der Waals surface area contributed by atoms with Crippen LogP contribution in [0.25, 0.3) is 0 Å². The van der Waals surface area contributed by atoms with E-state index in [9.17, 15) is 19.7 Å². The van der Waals surface area contributed by atoms with Crippen molar-refractivity contribution in [1.29, 1.82) is 0 Å². The summed E-state index contributed by atoms with van der Waals surface area (Å²) < 4.78 is 11.9. The van der Waals surface area contributed by atoms with Gasteiger partial charge in [-0.1, -0.05) is 30.3 Å². The Hall–Kier alpha value is -4.47. The van der Waals surface area contributed by atoms with Crippen LogP contribution in [0.1, 0.15) is 28.4 Å². The van der Waals surface area contributed by atoms with Crippen LogP contribution < -0.4 is 20.5 Å². The molecular weight excluding hydrogens is 428 g/mol. The average Bonchev–Trinajstić information content (AvgIpc) is 2.81. The monoisotopic (exact) mass is 450 g/mol. The predicted octanol–water partition coefficient (Wildman–Crippen LogP) is 2.98. The Balaban J connectivity index is 1.80. The van der Waals surface area contributed by atoms with Crippen LogP contribution in [0.4, 0.5) is 5.69 Å². The Bertz CT molecular complexity index is 1240. The number of hydrogen-bond acceptors (Lipinski definition) is 7. The van der Waals surface area contributed by atoms with Gasteiger partial charge in [0.05, 0.1) is 31.4 Å². The van der Waals surface area contributed by atoms with Gasteiger partial charge >= 0.3 is 5.69 Å². The number of nitro groups is 1. The van der Waals surface area contributed by atoms with Crippen molar-refractivity contribution in [2.24, 2.45) is 5.10 Å². The lowest BCUT2D eigenvalue weighted by Crippen LogP contribution is -2.30. The summed E-state index contributed by atoms with van der Waals surface area (Å²) in [6.45, 7) is 2.32. The summed E-state index contributed by atoms with van der Waals surface area (Å²) in [7, 11) is 1.31. The van der Waals surface area contributed by atoms with E-state index in [1.165, 1.54) is 36.1 Å². The van der Waals surface area contributed by atoms with Gasteiger partial charge in [-0.15, -0.1) is 0 Å². The van der Waals surface area contributed by atoms with E-state index in [-0.39, 0.29) is 29.4 Å². The van der Waals surface area contributed by atoms with E-state index in [2.05, 4.69) is 10.5 Å². The maximum absolute atomic E-state index is 12.7. The molecule has 0 aliphatic carbocycles. The zero-order chi connectivity index (χ0) is 23.8. The van der Waals surface area contributed by atoms with Gasteiger partial charge in [0.25, 0.3) is 11.5 Å². The third kappa shape index (κ3) is 5.62. The van der Waals surface area contributed by atoms with Crippen molar-refractivity contribution in [3.63, 3.8) is 0 Å². The lowest BCUT2D eigenvalue weighted by molar-refractivity contribution is -0.385. The van der Waals surface area contributed by atoms with Gasteiger partial charge in [-0.25, -0.2) is 5.43 Å². The van der Waals surface area contributed by atoms with E-state index in [0.717, 1.165) is 5.56 Å². The molecule has 170 valence electrons. The molecule has 3 rings (SSSR count). The maximum atomic E-state index is 12.7. The van der Waals surface area contributed by atoms with E-state index in [0.29, 0.717) is 12.1 Å². The first-order valence-electron chi connectivity index (χ1n) is 10.0. The molecule has 3 aromatic rings. The maximum Gasteiger partial charge on any atom is 0.315 e. The second kappa shape index (κ2) is 10.7. The topological polar surface area (TPSA) is 125 Å². The minimum atomic E-state index is -0.702. The number of nitrogens with zero attached hydrogens (tertiary/aromatic N) is 3. The number of benzene rings is 2. The SMILES string of the molecule is CCOc1cc(/C=N\NC(=O)c2cccn(Cc3ccccc3)c2=O)cc([N+](=O)[O-])c1OC. The Morgan fingerprint density at radius 2 is 1.97 bits per heavy atom. The number of amides is 1. The fourth-order valence-corrected chi connectivity index (χ4v) is 3.13. The van der Waals surface area contributed by atoms with Crippen LogP contribution in [0, 0.1) is 10.1 Å². The second-order valence-corrected chi connectivity index (χ2v) is 6.80. The van der Waals surface area contributed by atoms with Gasteiger partial charge in [0, 0.05) is 17.8 Å². The van der Waals surface area contributed by atoms with Crippen LogP contribution in [0.2, 0.25) is 0 Å². The third-order valence-electron chi connectivity index (χ3n) is 4.60. The van der Waals surface area contributed by atoms with Crippen LogP contribution in [0.3, 0.4) is 0 Å². The molecule has 0 bridgehead atoms. The summed E-state index contributed by atoms with van der Waals surface area (Å²) in [5.41, 5.74) is 2.66. The highest BCUT2D eigenvalue weighted by Crippen LogP contribution is 2.37. The number of hydrazone groups is 1. The van der Waals surface area contributed by atoms with Gasteiger partial charge in [0.2, 0.25) is 5.75 Å². The number of ether oxygens (including phenoxy) is 2. The van der Waals surface area contributed by atoms with E-state index in [1.807, 2.05) is 30.3 Å². The van der Waals surface area contributed by atoms with Gasteiger partial charge in [0.15, 0.2) is 5.75 Å². The second-order valence-electron chi connectivity index (χ2n) is 6.80. The minimum absolute atomic E-state index is 0.00807. The van der Waals surface area contributed by atoms with E-state index >= 15 is 0 Å². The van der Waals surface area contributed by atoms with Crippen LogP contribution in [0.15, 0.2) is 70.7 Å². The summed E-state index contributed by atoms with van der Waals surface area (Å²) in [5.74, 6) is -0.535. The number of methoxy groups -OCH3 is 1. The number of nitro benzene ring substituents is 1. The predicted molar refractivity (Wildman–Crippen MR) is 122 cm³/mol. The van der Waals surface area contributed by atoms with E-state index < -0.39 is 16.4 Å². The molecule has 0 aliphatic rings. The number of rotatable bonds is 9. The molecule has 0 radical (unpaired) electrons. The van der Waals surface area contributed by atoms with Crippen molar-refractivity contribution in [2.75, 3.05) is 13.7 Å². The Morgan fingerprint density at radius 3 is 2.64 bits per heavy atom. The molecule has 1 heterocycles. The number of carbonyl (C=O) groups excluding carboxylic acids is 1. The van der Waals surface area contributed by atoms with Crippen molar-refractivity contribution in [1.82, 2.24) is 9.99 Å². The fraction of sp³-hybridized carbons (Fsp3) is 0.174. The highest BCUT2D eigenvalue weighted by molar-refractivity contribution is 5.94. The van der Waals surface area contributed by atoms with E-state index in [4.69, 9.17) is 9.47 Å². The Kier molecular flexibility index (Phi) is 7.53. The van der Waals surface area contributed by atoms with Crippen molar-refractivity contribution in [2.45, 2.75) is 13.5 Å². The largest absolute Gasteiger partial charge is 0.490 e. The molecule has 0 aliphatic heterocycles. The quantitative estimate of drug-likeness (QED) is 0.304. The average molecular weight is 450 g/mol. The molecule has 0 saturated heterocycles. The van der Waals surface area contributed by atoms with Crippen molar-refractivity contribution >= 4 is 17.8 Å². The standard InChI is InChI=1S/C23H22N4O6/c1-3-33-20-13-17(12-19(27(30)31)21(20)32-2)14-24-25-22(28)18-10-7-11-26(23(18)29)15-16-8-5-4-6-9-16/h4-14H,3,15H2,1-2H3,(H,25,28)/b24-14-. The normalized spacial score (nSPS) is 10.7. The number of aromatic nitrogens is 1. The Morgan fingerprint density at radius 1 is 1.21 bits per heavy atom. The molecule has 10 heteroatoms. The number of nitrogens with one attached hydrogen (secondary N) is 1. The molecule has 0 fully saturated rings. The van der Waals surface area contributed by atoms with Gasteiger partial charge in [-0.3, -0.25) is 19.7 Å². The molecule has 0 unspecified atom stereocenters. The molecule has 1 N–H and O–H groups in total. The first-order chi connectivity index (χ1) is 15.9. The third-order valence-corrected chi connectivity index (χ3v) is 4.60. The summed E-state index contributed by atoms with van der Waals surface area (Å²) in [6, 6.07) is 15.1. The highest BCUT2D eigenvalue weighted by atomic mass is 16.6. The summed E-state index contributed by atoms with van der Waals surface area (Å²) in [4.78, 5) is 36.0. The summed E-state index contributed by atoms with van der Waals surface area (Å²) >= 11 is 0. The van der Waals surface area contributed by atoms with Gasteiger partial charge in [-0.2, -0.15) is 5.10 Å². The van der Waals surface area contributed by atoms with Crippen molar-refractivity contribution < 1.29 is 19.2 Å². The van der Waals surface area contributed by atoms with Gasteiger partial charge in [-0.05, 0) is 30.7 Å². The smallest absolute Gasteiger partial charge is 0.315 e. The van der Waals surface area contributed by atoms with Crippen LogP contribution >= 0.6 is 0 Å². The molecule has 33 heavy (non-hydrogen) atoms. The molecule has 10 nitrogen and oxygen atoms in total. The number of carbonyl (C=O) groups is 1. The zero-order valence-corrected chi connectivity index (χ0v) is 18.1. The first kappa shape index (κ1) is 23.2. The molecule has 0 spiro atoms. The first-order valence-corrected chi connectivity index (χ1v) is 10.0. The van der Waals surface area contributed by atoms with Crippen LogP contribution in [-0.4, -0.2) is 35.3 Å². The molecule has 1 amide bonds. The number of hydrogen-bond donors (Lipinski definition) is 1. The molecule has 2 aromatic carbocycles. The summed E-state index contributed by atoms with van der Waals surface area (Å²) in [5, 5.41) is 15.2. The van der Waals surface area contributed by atoms with Gasteiger partial charge < -0.3 is 14.0 Å². The highest BCUT2D eigenvalue weighted by Gasteiger charge is 2.21. The molecular formula is C23H22N4O6. The van der Waals surface area contributed by atoms with Gasteiger partial charge in [0.1, 0.15) is 5.56 Å². The lowest BCUT2D eigenvalue weighted by Gasteiger charge is -2.10. The fourth-order valence-electron chi connectivity index (χ4n) is 3.13. The van der Waals surface area contributed by atoms with Crippen LogP contribution in [0.5, 0.6) is 11.5 Å². The van der Waals surface area contributed by atoms with Crippen LogP contribution in [-0.2, 0) is 6.54 Å². The Labute approximate surface area is 189 Å². The van der Waals surface area contributed by atoms with Crippen molar-refractivity contribution in [3.8, 4) is 11.5 Å². The molecule has 1 aromatic heterocycles.